The van der Waals surface area contributed by atoms with Gasteiger partial charge in [-0.1, -0.05) is 5.16 Å². The molecule has 2 aromatic rings. The van der Waals surface area contributed by atoms with Crippen LogP contribution in [-0.2, 0) is 16.0 Å². The van der Waals surface area contributed by atoms with Crippen molar-refractivity contribution in [2.24, 2.45) is 0 Å². The van der Waals surface area contributed by atoms with Gasteiger partial charge in [0.2, 0.25) is 17.6 Å². The highest BCUT2D eigenvalue weighted by atomic mass is 19.1. The molecule has 2 rings (SSSR count). The number of aliphatic carboxylic acids is 1. The first kappa shape index (κ1) is 19.6. The Morgan fingerprint density at radius 2 is 2.04 bits per heavy atom. The summed E-state index contributed by atoms with van der Waals surface area (Å²) in [5.74, 6) is -0.782. The highest BCUT2D eigenvalue weighted by Gasteiger charge is 2.19. The average Bonchev–Trinajstić information content (AvgIpc) is 3.04. The number of carboxylic acids is 1. The highest BCUT2D eigenvalue weighted by molar-refractivity contribution is 5.77. The zero-order valence-electron chi connectivity index (χ0n) is 15.0. The van der Waals surface area contributed by atoms with E-state index < -0.39 is 5.97 Å². The number of aryl methyl sites for hydroxylation is 2. The lowest BCUT2D eigenvalue weighted by Gasteiger charge is -2.26. The largest absolute Gasteiger partial charge is 0.481 e. The van der Waals surface area contributed by atoms with Crippen LogP contribution in [0.2, 0.25) is 0 Å². The van der Waals surface area contributed by atoms with Crippen LogP contribution in [0.15, 0.2) is 22.7 Å². The van der Waals surface area contributed by atoms with Crippen molar-refractivity contribution in [1.82, 2.24) is 15.0 Å². The van der Waals surface area contributed by atoms with Crippen LogP contribution in [0, 0.1) is 12.7 Å². The summed E-state index contributed by atoms with van der Waals surface area (Å²) in [6, 6.07) is 4.44. The number of hydrogen-bond acceptors (Lipinski definition) is 5. The van der Waals surface area contributed by atoms with E-state index in [1.54, 1.807) is 19.1 Å². The average molecular weight is 363 g/mol. The van der Waals surface area contributed by atoms with Gasteiger partial charge in [-0.2, -0.15) is 4.98 Å². The number of carbonyl (C=O) groups excluding carboxylic acids is 1. The van der Waals surface area contributed by atoms with Gasteiger partial charge in [0, 0.05) is 31.0 Å². The number of carboxylic acid groups (broad SMARTS) is 1. The van der Waals surface area contributed by atoms with Crippen LogP contribution in [-0.4, -0.2) is 44.6 Å². The fraction of sp³-hybridized carbons (Fsp3) is 0.444. The van der Waals surface area contributed by atoms with Crippen LogP contribution in [0.4, 0.5) is 4.39 Å². The van der Waals surface area contributed by atoms with Crippen LogP contribution in [0.25, 0.3) is 11.4 Å². The van der Waals surface area contributed by atoms with Crippen LogP contribution in [0.1, 0.15) is 38.1 Å². The molecule has 0 fully saturated rings. The van der Waals surface area contributed by atoms with Gasteiger partial charge in [0.25, 0.3) is 0 Å². The molecule has 0 saturated heterocycles. The molecule has 0 aliphatic heterocycles. The molecule has 0 spiro atoms. The number of aromatic nitrogens is 2. The van der Waals surface area contributed by atoms with E-state index in [0.29, 0.717) is 22.8 Å². The van der Waals surface area contributed by atoms with E-state index in [9.17, 15) is 14.0 Å². The van der Waals surface area contributed by atoms with Gasteiger partial charge in [-0.15, -0.1) is 0 Å². The van der Waals surface area contributed by atoms with E-state index in [2.05, 4.69) is 10.1 Å². The summed E-state index contributed by atoms with van der Waals surface area (Å²) in [4.78, 5) is 28.8. The Morgan fingerprint density at radius 1 is 1.31 bits per heavy atom. The normalized spacial score (nSPS) is 11.0. The monoisotopic (exact) mass is 363 g/mol. The Morgan fingerprint density at radius 3 is 2.65 bits per heavy atom. The van der Waals surface area contributed by atoms with Gasteiger partial charge in [-0.25, -0.2) is 4.39 Å². The minimum atomic E-state index is -0.945. The van der Waals surface area contributed by atoms with Crippen molar-refractivity contribution < 1.29 is 23.6 Å². The quantitative estimate of drug-likeness (QED) is 0.775. The molecule has 1 N–H and O–H groups in total. The number of amides is 1. The van der Waals surface area contributed by atoms with E-state index >= 15 is 0 Å². The topological polar surface area (TPSA) is 96.5 Å². The van der Waals surface area contributed by atoms with E-state index in [1.807, 2.05) is 13.8 Å². The van der Waals surface area contributed by atoms with Gasteiger partial charge < -0.3 is 14.5 Å². The van der Waals surface area contributed by atoms with E-state index in [-0.39, 0.29) is 43.6 Å². The number of benzene rings is 1. The Hall–Kier alpha value is -2.77. The summed E-state index contributed by atoms with van der Waals surface area (Å²) in [6.07, 6.45) is 0.294. The molecule has 0 bridgehead atoms. The molecule has 0 unspecified atom stereocenters. The van der Waals surface area contributed by atoms with Crippen molar-refractivity contribution in [1.29, 1.82) is 0 Å². The van der Waals surface area contributed by atoms with Gasteiger partial charge in [0.1, 0.15) is 5.82 Å². The summed E-state index contributed by atoms with van der Waals surface area (Å²) < 4.78 is 18.5. The third-order valence-electron chi connectivity index (χ3n) is 3.95. The lowest BCUT2D eigenvalue weighted by atomic mass is 10.1. The highest BCUT2D eigenvalue weighted by Crippen LogP contribution is 2.19. The van der Waals surface area contributed by atoms with Crippen molar-refractivity contribution in [2.45, 2.75) is 46.1 Å². The minimum absolute atomic E-state index is 0.0951. The molecular formula is C18H22FN3O4. The van der Waals surface area contributed by atoms with Crippen LogP contribution < -0.4 is 0 Å². The molecule has 0 atom stereocenters. The third kappa shape index (κ3) is 5.11. The SMILES string of the molecule is Cc1cc(-c2noc(CCC(=O)N(CCC(=O)O)C(C)C)n2)ccc1F. The molecule has 1 aromatic heterocycles. The van der Waals surface area contributed by atoms with Crippen LogP contribution >= 0.6 is 0 Å². The van der Waals surface area contributed by atoms with Gasteiger partial charge in [-0.3, -0.25) is 9.59 Å². The lowest BCUT2D eigenvalue weighted by Crippen LogP contribution is -2.38. The van der Waals surface area contributed by atoms with Crippen LogP contribution in [0.5, 0.6) is 0 Å². The summed E-state index contributed by atoms with van der Waals surface area (Å²) in [5.41, 5.74) is 1.12. The molecule has 1 amide bonds. The molecule has 0 radical (unpaired) electrons. The van der Waals surface area contributed by atoms with Gasteiger partial charge in [-0.05, 0) is 44.5 Å². The molecule has 0 aliphatic rings. The number of rotatable bonds is 8. The summed E-state index contributed by atoms with van der Waals surface area (Å²) >= 11 is 0. The fourth-order valence-corrected chi connectivity index (χ4v) is 2.50. The predicted molar refractivity (Wildman–Crippen MR) is 91.9 cm³/mol. The first-order valence-corrected chi connectivity index (χ1v) is 8.38. The standard InChI is InChI=1S/C18H22FN3O4/c1-11(2)22(9-8-17(24)25)16(23)7-6-15-20-18(21-26-15)13-4-5-14(19)12(3)10-13/h4-5,10-11H,6-9H2,1-3H3,(H,24,25). The molecular weight excluding hydrogens is 341 g/mol. The summed E-state index contributed by atoms with van der Waals surface area (Å²) in [5, 5.41) is 12.7. The van der Waals surface area contributed by atoms with Gasteiger partial charge in [0.15, 0.2) is 0 Å². The molecule has 26 heavy (non-hydrogen) atoms. The molecule has 1 aromatic carbocycles. The first-order chi connectivity index (χ1) is 12.3. The van der Waals surface area contributed by atoms with E-state index in [4.69, 9.17) is 9.63 Å². The minimum Gasteiger partial charge on any atom is -0.481 e. The maximum atomic E-state index is 13.3. The Balaban J connectivity index is 1.98. The van der Waals surface area contributed by atoms with Gasteiger partial charge >= 0.3 is 5.97 Å². The van der Waals surface area contributed by atoms with Crippen molar-refractivity contribution in [3.8, 4) is 11.4 Å². The number of halogens is 1. The number of carbonyl (C=O) groups is 2. The first-order valence-electron chi connectivity index (χ1n) is 8.38. The van der Waals surface area contributed by atoms with E-state index in [1.165, 1.54) is 11.0 Å². The Kier molecular flexibility index (Phi) is 6.43. The zero-order chi connectivity index (χ0) is 19.3. The van der Waals surface area contributed by atoms with Crippen LogP contribution in [0.3, 0.4) is 0 Å². The molecule has 0 aliphatic carbocycles. The zero-order valence-corrected chi connectivity index (χ0v) is 15.0. The Labute approximate surface area is 150 Å². The maximum Gasteiger partial charge on any atom is 0.305 e. The van der Waals surface area contributed by atoms with Crippen molar-refractivity contribution in [3.63, 3.8) is 0 Å². The second-order valence-corrected chi connectivity index (χ2v) is 6.30. The summed E-state index contributed by atoms with van der Waals surface area (Å²) in [7, 11) is 0. The maximum absolute atomic E-state index is 13.3. The van der Waals surface area contributed by atoms with Crippen molar-refractivity contribution >= 4 is 11.9 Å². The van der Waals surface area contributed by atoms with Gasteiger partial charge in [0.05, 0.1) is 6.42 Å². The number of hydrogen-bond donors (Lipinski definition) is 1. The summed E-state index contributed by atoms with van der Waals surface area (Å²) in [6.45, 7) is 5.48. The molecule has 140 valence electrons. The molecule has 7 nitrogen and oxygen atoms in total. The second-order valence-electron chi connectivity index (χ2n) is 6.30. The molecule has 1 heterocycles. The van der Waals surface area contributed by atoms with E-state index in [0.717, 1.165) is 0 Å². The third-order valence-corrected chi connectivity index (χ3v) is 3.95. The molecule has 8 heteroatoms. The Bertz CT molecular complexity index is 788. The second kappa shape index (κ2) is 8.55. The number of nitrogens with zero attached hydrogens (tertiary/aromatic N) is 3. The van der Waals surface area contributed by atoms with Crippen molar-refractivity contribution in [2.75, 3.05) is 6.54 Å². The molecule has 0 saturated carbocycles. The predicted octanol–water partition coefficient (Wildman–Crippen LogP) is 2.83. The fourth-order valence-electron chi connectivity index (χ4n) is 2.50. The smallest absolute Gasteiger partial charge is 0.305 e. The lowest BCUT2D eigenvalue weighted by molar-refractivity contribution is -0.139. The van der Waals surface area contributed by atoms with Crippen molar-refractivity contribution in [3.05, 3.63) is 35.5 Å².